The molecule has 1 saturated heterocycles. The SMILES string of the molecule is O=C(CS(=O)(=O)c1ccc(N[C@H](CCN2CCOCC2)CSc2ccccc2)c(F)c1)c1cccc(N2CCc3cccc(C(=O)Nc4nc5ccc(F)cc5s4)c3C2)n1. The van der Waals surface area contributed by atoms with Crippen LogP contribution in [-0.2, 0) is 27.5 Å². The molecule has 2 aliphatic rings. The fraction of sp³-hybridized carbons (Fsp3) is 0.273. The van der Waals surface area contributed by atoms with Gasteiger partial charge in [0.15, 0.2) is 20.8 Å². The van der Waals surface area contributed by atoms with E-state index in [1.165, 1.54) is 41.7 Å². The van der Waals surface area contributed by atoms with Crippen LogP contribution in [-0.4, -0.2) is 91.9 Å². The lowest BCUT2D eigenvalue weighted by Crippen LogP contribution is -2.39. The average molecular weight is 869 g/mol. The van der Waals surface area contributed by atoms with Crippen LogP contribution in [0.3, 0.4) is 0 Å². The van der Waals surface area contributed by atoms with Gasteiger partial charge in [-0.1, -0.05) is 47.7 Å². The summed E-state index contributed by atoms with van der Waals surface area (Å²) >= 11 is 2.85. The number of anilines is 3. The van der Waals surface area contributed by atoms with E-state index < -0.39 is 27.2 Å². The van der Waals surface area contributed by atoms with Gasteiger partial charge in [0.2, 0.25) is 0 Å². The predicted molar refractivity (Wildman–Crippen MR) is 232 cm³/mol. The van der Waals surface area contributed by atoms with Gasteiger partial charge in [0.1, 0.15) is 28.9 Å². The zero-order valence-electron chi connectivity index (χ0n) is 32.5. The average Bonchev–Trinajstić information content (AvgIpc) is 3.66. The molecule has 4 heterocycles. The molecule has 2 N–H and O–H groups in total. The zero-order chi connectivity index (χ0) is 41.6. The number of hydrogen-bond donors (Lipinski definition) is 2. The summed E-state index contributed by atoms with van der Waals surface area (Å²) in [6.45, 7) is 4.70. The predicted octanol–water partition coefficient (Wildman–Crippen LogP) is 7.74. The lowest BCUT2D eigenvalue weighted by Gasteiger charge is -2.31. The van der Waals surface area contributed by atoms with E-state index in [0.29, 0.717) is 65.2 Å². The molecule has 2 aliphatic heterocycles. The highest BCUT2D eigenvalue weighted by Gasteiger charge is 2.27. The zero-order valence-corrected chi connectivity index (χ0v) is 34.9. The lowest BCUT2D eigenvalue weighted by atomic mass is 9.94. The van der Waals surface area contributed by atoms with Crippen LogP contribution in [0.15, 0.2) is 113 Å². The summed E-state index contributed by atoms with van der Waals surface area (Å²) in [4.78, 5) is 41.0. The minimum Gasteiger partial charge on any atom is -0.379 e. The molecule has 1 atom stereocenters. The van der Waals surface area contributed by atoms with Gasteiger partial charge < -0.3 is 15.0 Å². The number of amides is 1. The van der Waals surface area contributed by atoms with Gasteiger partial charge in [0, 0.05) is 55.0 Å². The van der Waals surface area contributed by atoms with Gasteiger partial charge in [-0.25, -0.2) is 27.2 Å². The number of sulfone groups is 1. The Morgan fingerprint density at radius 3 is 2.53 bits per heavy atom. The first kappa shape index (κ1) is 41.5. The van der Waals surface area contributed by atoms with Crippen LogP contribution in [0.25, 0.3) is 10.2 Å². The Labute approximate surface area is 355 Å². The van der Waals surface area contributed by atoms with Crippen LogP contribution >= 0.6 is 23.1 Å². The van der Waals surface area contributed by atoms with E-state index in [9.17, 15) is 22.4 Å². The Bertz CT molecular complexity index is 2620. The molecule has 16 heteroatoms. The molecule has 1 amide bonds. The minimum atomic E-state index is -4.24. The van der Waals surface area contributed by atoms with E-state index in [2.05, 4.69) is 25.5 Å². The van der Waals surface area contributed by atoms with Crippen molar-refractivity contribution in [3.8, 4) is 0 Å². The molecule has 0 bridgehead atoms. The molecule has 0 spiro atoms. The number of rotatable bonds is 15. The molecule has 2 aromatic heterocycles. The molecule has 60 heavy (non-hydrogen) atoms. The number of thiazole rings is 1. The third-order valence-electron chi connectivity index (χ3n) is 10.5. The van der Waals surface area contributed by atoms with Gasteiger partial charge in [0.05, 0.1) is 34.0 Å². The van der Waals surface area contributed by atoms with E-state index in [0.717, 1.165) is 48.1 Å². The van der Waals surface area contributed by atoms with Gasteiger partial charge in [-0.3, -0.25) is 19.8 Å². The summed E-state index contributed by atoms with van der Waals surface area (Å²) in [5.41, 5.74) is 2.95. The lowest BCUT2D eigenvalue weighted by molar-refractivity contribution is 0.0370. The van der Waals surface area contributed by atoms with Crippen LogP contribution in [0.5, 0.6) is 0 Å². The monoisotopic (exact) mass is 868 g/mol. The number of carbonyl (C=O) groups excluding carboxylic acids is 2. The molecule has 6 aromatic rings. The molecule has 0 radical (unpaired) electrons. The summed E-state index contributed by atoms with van der Waals surface area (Å²) in [6, 6.07) is 28.2. The molecular formula is C44H42F2N6O5S3. The second-order valence-electron chi connectivity index (χ2n) is 14.6. The number of benzene rings is 4. The third-order valence-corrected chi connectivity index (χ3v) is 14.2. The van der Waals surface area contributed by atoms with E-state index in [-0.39, 0.29) is 34.0 Å². The summed E-state index contributed by atoms with van der Waals surface area (Å²) in [6.07, 6.45) is 1.34. The molecule has 11 nitrogen and oxygen atoms in total. The number of ether oxygens (including phenoxy) is 1. The molecule has 4 aromatic carbocycles. The second-order valence-corrected chi connectivity index (χ2v) is 18.7. The number of pyridine rings is 1. The fourth-order valence-corrected chi connectivity index (χ4v) is 10.4. The number of aromatic nitrogens is 2. The maximum absolute atomic E-state index is 15.7. The molecule has 1 fully saturated rings. The topological polar surface area (TPSA) is 134 Å². The standard InChI is InChI=1S/C44H42F2N6O5S3/c45-30-12-14-39-41(24-30)59-44(49-39)50-43(54)34-9-4-6-29-16-19-52(26-35(29)34)42-11-5-10-38(48-42)40(53)28-60(55,56)33-13-15-37(36(46)25-33)47-31(17-18-51-20-22-57-23-21-51)27-58-32-7-2-1-3-8-32/h1-15,24-25,31,47H,16-23,26-28H2,(H,49,50,54)/t31-/m1/s1. The van der Waals surface area contributed by atoms with Crippen molar-refractivity contribution in [3.05, 3.63) is 137 Å². The van der Waals surface area contributed by atoms with Gasteiger partial charge in [0.25, 0.3) is 5.91 Å². The number of carbonyl (C=O) groups is 2. The van der Waals surface area contributed by atoms with Crippen LogP contribution in [0.1, 0.15) is 38.4 Å². The van der Waals surface area contributed by atoms with Crippen molar-refractivity contribution in [2.45, 2.75) is 35.2 Å². The number of Topliss-reactive ketones (excluding diaryl/α,β-unsaturated/α-hetero) is 1. The van der Waals surface area contributed by atoms with Crippen molar-refractivity contribution in [1.29, 1.82) is 0 Å². The maximum Gasteiger partial charge on any atom is 0.257 e. The van der Waals surface area contributed by atoms with Crippen molar-refractivity contribution in [2.24, 2.45) is 0 Å². The smallest absolute Gasteiger partial charge is 0.257 e. The number of ketones is 1. The Balaban J connectivity index is 0.922. The van der Waals surface area contributed by atoms with Crippen LogP contribution in [0.4, 0.5) is 25.4 Å². The number of halogens is 2. The largest absolute Gasteiger partial charge is 0.379 e. The van der Waals surface area contributed by atoms with Gasteiger partial charge >= 0.3 is 0 Å². The first-order valence-corrected chi connectivity index (χ1v) is 23.0. The second kappa shape index (κ2) is 18.6. The summed E-state index contributed by atoms with van der Waals surface area (Å²) in [5, 5.41) is 6.51. The number of nitrogens with zero attached hydrogens (tertiary/aromatic N) is 4. The van der Waals surface area contributed by atoms with E-state index in [1.54, 1.807) is 36.0 Å². The van der Waals surface area contributed by atoms with Crippen molar-refractivity contribution in [3.63, 3.8) is 0 Å². The van der Waals surface area contributed by atoms with Crippen molar-refractivity contribution < 1.29 is 31.5 Å². The van der Waals surface area contributed by atoms with Crippen LogP contribution in [0.2, 0.25) is 0 Å². The first-order valence-electron chi connectivity index (χ1n) is 19.6. The van der Waals surface area contributed by atoms with Gasteiger partial charge in [-0.15, -0.1) is 11.8 Å². The Kier molecular flexibility index (Phi) is 12.8. The van der Waals surface area contributed by atoms with E-state index >= 15 is 4.39 Å². The Hall–Kier alpha value is -5.26. The highest BCUT2D eigenvalue weighted by Crippen LogP contribution is 2.30. The highest BCUT2D eigenvalue weighted by molar-refractivity contribution is 7.99. The maximum atomic E-state index is 15.7. The third kappa shape index (κ3) is 10.0. The molecule has 8 rings (SSSR count). The van der Waals surface area contributed by atoms with Crippen LogP contribution in [0, 0.1) is 11.6 Å². The summed E-state index contributed by atoms with van der Waals surface area (Å²) in [5.74, 6) is -1.97. The first-order chi connectivity index (χ1) is 29.1. The Morgan fingerprint density at radius 2 is 1.72 bits per heavy atom. The quantitative estimate of drug-likeness (QED) is 0.0776. The fourth-order valence-electron chi connectivity index (χ4n) is 7.29. The molecular weight excluding hydrogens is 827 g/mol. The molecule has 0 unspecified atom stereocenters. The van der Waals surface area contributed by atoms with Gasteiger partial charge in [-0.05, 0) is 90.7 Å². The number of morpholine rings is 1. The summed E-state index contributed by atoms with van der Waals surface area (Å²) in [7, 11) is -4.24. The normalized spacial score (nSPS) is 15.1. The van der Waals surface area contributed by atoms with Crippen molar-refractivity contribution in [2.75, 3.05) is 66.4 Å². The number of thioether (sulfide) groups is 1. The molecule has 310 valence electrons. The van der Waals surface area contributed by atoms with Crippen LogP contribution < -0.4 is 15.5 Å². The number of nitrogens with one attached hydrogen (secondary N) is 2. The van der Waals surface area contributed by atoms with Crippen molar-refractivity contribution >= 4 is 71.5 Å². The van der Waals surface area contributed by atoms with Gasteiger partial charge in [-0.2, -0.15) is 0 Å². The Morgan fingerprint density at radius 1 is 0.900 bits per heavy atom. The summed E-state index contributed by atoms with van der Waals surface area (Å²) < 4.78 is 62.6. The highest BCUT2D eigenvalue weighted by atomic mass is 32.2. The van der Waals surface area contributed by atoms with E-state index in [4.69, 9.17) is 4.74 Å². The minimum absolute atomic E-state index is 0.0436. The molecule has 0 aliphatic carbocycles. The number of fused-ring (bicyclic) bond motifs is 2. The van der Waals surface area contributed by atoms with Crippen molar-refractivity contribution in [1.82, 2.24) is 14.9 Å². The number of hydrogen-bond acceptors (Lipinski definition) is 12. The molecule has 0 saturated carbocycles. The van der Waals surface area contributed by atoms with E-state index in [1.807, 2.05) is 47.4 Å².